The lowest BCUT2D eigenvalue weighted by molar-refractivity contribution is -0.137. The average molecular weight is 113 g/mol. The largest absolute Gasteiger partial charge is 0.375 e. The summed E-state index contributed by atoms with van der Waals surface area (Å²) < 4.78 is 5.32. The summed E-state index contributed by atoms with van der Waals surface area (Å²) in [6.45, 7) is 6.88. The fraction of sp³-hybridized carbons (Fsp3) is 0.857. The fourth-order valence-corrected chi connectivity index (χ4v) is 1.02. The maximum absolute atomic E-state index is 5.32. The summed E-state index contributed by atoms with van der Waals surface area (Å²) in [5, 5.41) is 0. The number of rotatable bonds is 2. The monoisotopic (exact) mass is 113 g/mol. The highest BCUT2D eigenvalue weighted by molar-refractivity contribution is 4.82. The molecule has 0 aromatic rings. The number of hydrogen-bond donors (Lipinski definition) is 0. The molecule has 0 aromatic carbocycles. The van der Waals surface area contributed by atoms with Gasteiger partial charge in [-0.05, 0) is 19.8 Å². The van der Waals surface area contributed by atoms with Gasteiger partial charge < -0.3 is 4.74 Å². The highest BCUT2D eigenvalue weighted by Crippen LogP contribution is 2.29. The van der Waals surface area contributed by atoms with Crippen molar-refractivity contribution in [2.24, 2.45) is 0 Å². The first kappa shape index (κ1) is 6.09. The van der Waals surface area contributed by atoms with Crippen molar-refractivity contribution in [3.05, 3.63) is 6.92 Å². The van der Waals surface area contributed by atoms with E-state index in [1.165, 1.54) is 6.42 Å². The van der Waals surface area contributed by atoms with Crippen LogP contribution in [-0.4, -0.2) is 12.2 Å². The van der Waals surface area contributed by atoms with Crippen LogP contribution in [0.4, 0.5) is 0 Å². The summed E-state index contributed by atoms with van der Waals surface area (Å²) >= 11 is 0. The van der Waals surface area contributed by atoms with Crippen molar-refractivity contribution in [3.8, 4) is 0 Å². The molecule has 0 saturated carbocycles. The third-order valence-electron chi connectivity index (χ3n) is 1.79. The highest BCUT2D eigenvalue weighted by atomic mass is 16.5. The molecule has 1 unspecified atom stereocenters. The van der Waals surface area contributed by atoms with Crippen molar-refractivity contribution in [2.75, 3.05) is 6.61 Å². The van der Waals surface area contributed by atoms with Crippen LogP contribution in [-0.2, 0) is 4.74 Å². The average Bonchev–Trinajstić information content (AvgIpc) is 1.64. The Morgan fingerprint density at radius 2 is 2.38 bits per heavy atom. The molecule has 0 N–H and O–H groups in total. The van der Waals surface area contributed by atoms with Crippen LogP contribution in [0.15, 0.2) is 0 Å². The van der Waals surface area contributed by atoms with Crippen LogP contribution in [0, 0.1) is 6.92 Å². The Labute approximate surface area is 51.0 Å². The van der Waals surface area contributed by atoms with E-state index in [1.807, 2.05) is 0 Å². The molecule has 47 valence electrons. The highest BCUT2D eigenvalue weighted by Gasteiger charge is 2.31. The van der Waals surface area contributed by atoms with E-state index in [1.54, 1.807) is 0 Å². The Morgan fingerprint density at radius 1 is 1.75 bits per heavy atom. The predicted octanol–water partition coefficient (Wildman–Crippen LogP) is 1.78. The molecule has 0 bridgehead atoms. The van der Waals surface area contributed by atoms with E-state index >= 15 is 0 Å². The van der Waals surface area contributed by atoms with Crippen LogP contribution in [0.3, 0.4) is 0 Å². The van der Waals surface area contributed by atoms with E-state index in [4.69, 9.17) is 4.74 Å². The van der Waals surface area contributed by atoms with Crippen molar-refractivity contribution >= 4 is 0 Å². The van der Waals surface area contributed by atoms with Gasteiger partial charge in [0, 0.05) is 0 Å². The second-order valence-corrected chi connectivity index (χ2v) is 2.65. The minimum absolute atomic E-state index is 0.210. The lowest BCUT2D eigenvalue weighted by Crippen LogP contribution is -2.40. The minimum Gasteiger partial charge on any atom is -0.375 e. The molecule has 8 heavy (non-hydrogen) atoms. The Hall–Kier alpha value is -0.0400. The molecule has 1 nitrogen and oxygen atoms in total. The molecule has 1 rings (SSSR count). The molecule has 0 amide bonds. The van der Waals surface area contributed by atoms with Gasteiger partial charge in [-0.15, -0.1) is 0 Å². The van der Waals surface area contributed by atoms with Crippen molar-refractivity contribution < 1.29 is 4.74 Å². The SMILES string of the molecule is [CH2]CCC1(C)CCO1. The van der Waals surface area contributed by atoms with E-state index in [9.17, 15) is 0 Å². The summed E-state index contributed by atoms with van der Waals surface area (Å²) in [4.78, 5) is 0. The van der Waals surface area contributed by atoms with Crippen LogP contribution >= 0.6 is 0 Å². The van der Waals surface area contributed by atoms with E-state index in [2.05, 4.69) is 13.8 Å². The molecule has 0 spiro atoms. The van der Waals surface area contributed by atoms with Crippen molar-refractivity contribution in [3.63, 3.8) is 0 Å². The van der Waals surface area contributed by atoms with Gasteiger partial charge in [0.2, 0.25) is 0 Å². The zero-order valence-corrected chi connectivity index (χ0v) is 5.44. The van der Waals surface area contributed by atoms with Gasteiger partial charge in [0.15, 0.2) is 0 Å². The van der Waals surface area contributed by atoms with E-state index in [-0.39, 0.29) is 5.60 Å². The summed E-state index contributed by atoms with van der Waals surface area (Å²) in [7, 11) is 0. The van der Waals surface area contributed by atoms with Crippen molar-refractivity contribution in [1.82, 2.24) is 0 Å². The predicted molar refractivity (Wildman–Crippen MR) is 33.6 cm³/mol. The smallest absolute Gasteiger partial charge is 0.0676 e. The second-order valence-electron chi connectivity index (χ2n) is 2.65. The van der Waals surface area contributed by atoms with Crippen LogP contribution in [0.2, 0.25) is 0 Å². The Kier molecular flexibility index (Phi) is 1.57. The number of hydrogen-bond acceptors (Lipinski definition) is 1. The first-order chi connectivity index (χ1) is 3.77. The van der Waals surface area contributed by atoms with Crippen molar-refractivity contribution in [1.29, 1.82) is 0 Å². The summed E-state index contributed by atoms with van der Waals surface area (Å²) in [5.74, 6) is 0. The molecule has 1 heterocycles. The van der Waals surface area contributed by atoms with E-state index in [0.29, 0.717) is 0 Å². The van der Waals surface area contributed by atoms with Gasteiger partial charge in [0.05, 0.1) is 12.2 Å². The molecule has 1 heteroatoms. The summed E-state index contributed by atoms with van der Waals surface area (Å²) in [6.07, 6.45) is 3.34. The van der Waals surface area contributed by atoms with Gasteiger partial charge in [0.25, 0.3) is 0 Å². The first-order valence-electron chi connectivity index (χ1n) is 3.20. The topological polar surface area (TPSA) is 9.23 Å². The molecule has 1 radical (unpaired) electrons. The lowest BCUT2D eigenvalue weighted by atomic mass is 9.92. The molecule has 1 atom stereocenters. The van der Waals surface area contributed by atoms with Gasteiger partial charge in [-0.2, -0.15) is 0 Å². The maximum Gasteiger partial charge on any atom is 0.0676 e. The molecule has 0 aliphatic carbocycles. The quantitative estimate of drug-likeness (QED) is 0.530. The van der Waals surface area contributed by atoms with Gasteiger partial charge >= 0.3 is 0 Å². The van der Waals surface area contributed by atoms with Gasteiger partial charge in [0.1, 0.15) is 0 Å². The van der Waals surface area contributed by atoms with Gasteiger partial charge in [-0.1, -0.05) is 13.3 Å². The summed E-state index contributed by atoms with van der Waals surface area (Å²) in [5.41, 5.74) is 0.210. The zero-order valence-electron chi connectivity index (χ0n) is 5.44. The Balaban J connectivity index is 2.20. The van der Waals surface area contributed by atoms with E-state index in [0.717, 1.165) is 19.4 Å². The van der Waals surface area contributed by atoms with Crippen LogP contribution in [0.1, 0.15) is 26.2 Å². The first-order valence-corrected chi connectivity index (χ1v) is 3.20. The lowest BCUT2D eigenvalue weighted by Gasteiger charge is -2.38. The second kappa shape index (κ2) is 2.06. The van der Waals surface area contributed by atoms with E-state index < -0.39 is 0 Å². The third kappa shape index (κ3) is 1.03. The molecule has 0 aromatic heterocycles. The Bertz CT molecular complexity index is 74.5. The minimum atomic E-state index is 0.210. The van der Waals surface area contributed by atoms with Crippen LogP contribution in [0.5, 0.6) is 0 Å². The Morgan fingerprint density at radius 3 is 2.50 bits per heavy atom. The third-order valence-corrected chi connectivity index (χ3v) is 1.79. The van der Waals surface area contributed by atoms with Crippen molar-refractivity contribution in [2.45, 2.75) is 31.8 Å². The van der Waals surface area contributed by atoms with Crippen LogP contribution < -0.4 is 0 Å². The zero-order chi connectivity index (χ0) is 6.04. The van der Waals surface area contributed by atoms with Crippen LogP contribution in [0.25, 0.3) is 0 Å². The standard InChI is InChI=1S/C7H13O/c1-3-4-7(2)5-6-8-7/h1,3-6H2,2H3. The molecule has 1 saturated heterocycles. The van der Waals surface area contributed by atoms with Gasteiger partial charge in [-0.25, -0.2) is 0 Å². The molecule has 1 fully saturated rings. The molecule has 1 aliphatic rings. The summed E-state index contributed by atoms with van der Waals surface area (Å²) in [6, 6.07) is 0. The fourth-order valence-electron chi connectivity index (χ4n) is 1.02. The molecule has 1 aliphatic heterocycles. The maximum atomic E-state index is 5.32. The normalized spacial score (nSPS) is 36.8. The molecular weight excluding hydrogens is 100 g/mol. The van der Waals surface area contributed by atoms with Gasteiger partial charge in [-0.3, -0.25) is 0 Å². The number of ether oxygens (including phenoxy) is 1. The molecular formula is C7H13O.